The average molecular weight is 291 g/mol. The van der Waals surface area contributed by atoms with Crippen LogP contribution >= 0.6 is 0 Å². The van der Waals surface area contributed by atoms with Crippen molar-refractivity contribution < 1.29 is 9.84 Å². The van der Waals surface area contributed by atoms with E-state index in [4.69, 9.17) is 4.74 Å². The van der Waals surface area contributed by atoms with E-state index in [-0.39, 0.29) is 0 Å². The molecule has 1 fully saturated rings. The Hall–Kier alpha value is -1.06. The lowest BCUT2D eigenvalue weighted by molar-refractivity contribution is 0.0643. The van der Waals surface area contributed by atoms with Crippen molar-refractivity contribution in [1.29, 1.82) is 0 Å². The van der Waals surface area contributed by atoms with Gasteiger partial charge >= 0.3 is 0 Å². The molecule has 0 saturated carbocycles. The van der Waals surface area contributed by atoms with Gasteiger partial charge in [0.15, 0.2) is 0 Å². The van der Waals surface area contributed by atoms with E-state index in [0.29, 0.717) is 12.0 Å². The number of β-amino-alcohol motifs (C(OH)–C–C–N with tert-alkyl or cyclic N) is 1. The summed E-state index contributed by atoms with van der Waals surface area (Å²) in [5.41, 5.74) is 1.28. The quantitative estimate of drug-likeness (QED) is 0.922. The molecule has 1 aromatic rings. The van der Waals surface area contributed by atoms with Crippen molar-refractivity contribution in [2.24, 2.45) is 11.3 Å². The van der Waals surface area contributed by atoms with Gasteiger partial charge in [0.1, 0.15) is 5.75 Å². The Morgan fingerprint density at radius 2 is 1.86 bits per heavy atom. The highest BCUT2D eigenvalue weighted by atomic mass is 16.5. The van der Waals surface area contributed by atoms with Crippen molar-refractivity contribution in [3.63, 3.8) is 0 Å². The minimum atomic E-state index is -0.479. The van der Waals surface area contributed by atoms with E-state index in [9.17, 15) is 5.11 Å². The molecule has 0 radical (unpaired) electrons. The summed E-state index contributed by atoms with van der Waals surface area (Å²) in [4.78, 5) is 2.37. The monoisotopic (exact) mass is 291 g/mol. The van der Waals surface area contributed by atoms with Gasteiger partial charge in [-0.05, 0) is 43.3 Å². The maximum Gasteiger partial charge on any atom is 0.124 e. The summed E-state index contributed by atoms with van der Waals surface area (Å²) < 4.78 is 5.34. The largest absolute Gasteiger partial charge is 0.496 e. The number of likely N-dealkylation sites (tertiary alicyclic amines) is 1. The first-order chi connectivity index (χ1) is 9.91. The van der Waals surface area contributed by atoms with Gasteiger partial charge in [-0.3, -0.25) is 0 Å². The highest BCUT2D eigenvalue weighted by Crippen LogP contribution is 2.35. The van der Waals surface area contributed by atoms with E-state index in [0.717, 1.165) is 30.3 Å². The van der Waals surface area contributed by atoms with Crippen LogP contribution in [-0.2, 0) is 0 Å². The predicted octanol–water partition coefficient (Wildman–Crippen LogP) is 3.49. The molecule has 1 atom stereocenters. The molecule has 0 aliphatic carbocycles. The first kappa shape index (κ1) is 16.3. The molecule has 1 heterocycles. The summed E-state index contributed by atoms with van der Waals surface area (Å²) in [5.74, 6) is 1.56. The van der Waals surface area contributed by atoms with Crippen LogP contribution < -0.4 is 4.74 Å². The lowest BCUT2D eigenvalue weighted by Crippen LogP contribution is -2.39. The third-order valence-corrected chi connectivity index (χ3v) is 4.74. The van der Waals surface area contributed by atoms with E-state index in [1.807, 2.05) is 24.3 Å². The summed E-state index contributed by atoms with van der Waals surface area (Å²) in [5, 5.41) is 10.5. The number of rotatable bonds is 4. The SMILES string of the molecule is COc1ccccc1C(O)CN1CCC(C(C)(C)C)CC1. The van der Waals surface area contributed by atoms with E-state index in [2.05, 4.69) is 25.7 Å². The number of piperidine rings is 1. The summed E-state index contributed by atoms with van der Waals surface area (Å²) in [6, 6.07) is 7.74. The van der Waals surface area contributed by atoms with E-state index < -0.39 is 6.10 Å². The van der Waals surface area contributed by atoms with Crippen LogP contribution in [0.1, 0.15) is 45.3 Å². The fraction of sp³-hybridized carbons (Fsp3) is 0.667. The van der Waals surface area contributed by atoms with E-state index >= 15 is 0 Å². The molecule has 0 bridgehead atoms. The first-order valence-corrected chi connectivity index (χ1v) is 7.95. The maximum absolute atomic E-state index is 10.5. The van der Waals surface area contributed by atoms with Gasteiger partial charge in [0.25, 0.3) is 0 Å². The van der Waals surface area contributed by atoms with Gasteiger partial charge in [-0.15, -0.1) is 0 Å². The molecule has 3 heteroatoms. The Balaban J connectivity index is 1.91. The highest BCUT2D eigenvalue weighted by Gasteiger charge is 2.29. The second-order valence-corrected chi connectivity index (χ2v) is 7.20. The van der Waals surface area contributed by atoms with Crippen LogP contribution in [0.25, 0.3) is 0 Å². The predicted molar refractivity (Wildman–Crippen MR) is 86.6 cm³/mol. The van der Waals surface area contributed by atoms with Crippen LogP contribution in [0.2, 0.25) is 0 Å². The molecule has 2 rings (SSSR count). The molecule has 1 N–H and O–H groups in total. The summed E-state index contributed by atoms with van der Waals surface area (Å²) >= 11 is 0. The first-order valence-electron chi connectivity index (χ1n) is 7.95. The number of benzene rings is 1. The zero-order chi connectivity index (χ0) is 15.5. The standard InChI is InChI=1S/C18H29NO2/c1-18(2,3)14-9-11-19(12-10-14)13-16(20)15-7-5-6-8-17(15)21-4/h5-8,14,16,20H,9-13H2,1-4H3. The fourth-order valence-electron chi connectivity index (χ4n) is 3.27. The smallest absolute Gasteiger partial charge is 0.124 e. The topological polar surface area (TPSA) is 32.7 Å². The number of ether oxygens (including phenoxy) is 1. The molecular formula is C18H29NO2. The van der Waals surface area contributed by atoms with Crippen LogP contribution in [0.3, 0.4) is 0 Å². The number of para-hydroxylation sites is 1. The zero-order valence-corrected chi connectivity index (χ0v) is 13.8. The number of methoxy groups -OCH3 is 1. The second-order valence-electron chi connectivity index (χ2n) is 7.20. The molecule has 0 amide bonds. The Kier molecular flexibility index (Phi) is 5.28. The molecule has 1 aromatic carbocycles. The number of aliphatic hydroxyl groups is 1. The lowest BCUT2D eigenvalue weighted by atomic mass is 9.75. The van der Waals surface area contributed by atoms with Crippen molar-refractivity contribution in [3.05, 3.63) is 29.8 Å². The van der Waals surface area contributed by atoms with Crippen molar-refractivity contribution >= 4 is 0 Å². The van der Waals surface area contributed by atoms with Crippen molar-refractivity contribution in [2.75, 3.05) is 26.7 Å². The van der Waals surface area contributed by atoms with Crippen LogP contribution in [0.5, 0.6) is 5.75 Å². The van der Waals surface area contributed by atoms with E-state index in [1.54, 1.807) is 7.11 Å². The fourth-order valence-corrected chi connectivity index (χ4v) is 3.27. The molecule has 118 valence electrons. The van der Waals surface area contributed by atoms with Crippen LogP contribution in [0.15, 0.2) is 24.3 Å². The molecule has 0 spiro atoms. The molecular weight excluding hydrogens is 262 g/mol. The summed E-state index contributed by atoms with van der Waals surface area (Å²) in [6.07, 6.45) is 1.97. The van der Waals surface area contributed by atoms with Crippen molar-refractivity contribution in [1.82, 2.24) is 4.90 Å². The van der Waals surface area contributed by atoms with E-state index in [1.165, 1.54) is 12.8 Å². The Labute approximate surface area is 128 Å². The van der Waals surface area contributed by atoms with Gasteiger partial charge in [-0.2, -0.15) is 0 Å². The van der Waals surface area contributed by atoms with Crippen LogP contribution in [0.4, 0.5) is 0 Å². The van der Waals surface area contributed by atoms with Gasteiger partial charge in [0, 0.05) is 12.1 Å². The van der Waals surface area contributed by atoms with Gasteiger partial charge in [-0.1, -0.05) is 39.0 Å². The van der Waals surface area contributed by atoms with Crippen LogP contribution in [-0.4, -0.2) is 36.8 Å². The number of nitrogens with zero attached hydrogens (tertiary/aromatic N) is 1. The van der Waals surface area contributed by atoms with Crippen LogP contribution in [0, 0.1) is 11.3 Å². The summed E-state index contributed by atoms with van der Waals surface area (Å²) in [6.45, 7) is 9.84. The van der Waals surface area contributed by atoms with Crippen molar-refractivity contribution in [2.45, 2.75) is 39.7 Å². The lowest BCUT2D eigenvalue weighted by Gasteiger charge is -2.39. The minimum Gasteiger partial charge on any atom is -0.496 e. The molecule has 1 aliphatic heterocycles. The number of hydrogen-bond donors (Lipinski definition) is 1. The Morgan fingerprint density at radius 1 is 1.24 bits per heavy atom. The number of aliphatic hydroxyl groups excluding tert-OH is 1. The second kappa shape index (κ2) is 6.80. The Bertz CT molecular complexity index is 445. The van der Waals surface area contributed by atoms with Gasteiger partial charge in [0.2, 0.25) is 0 Å². The van der Waals surface area contributed by atoms with Gasteiger partial charge < -0.3 is 14.7 Å². The zero-order valence-electron chi connectivity index (χ0n) is 13.8. The Morgan fingerprint density at radius 3 is 2.43 bits per heavy atom. The van der Waals surface area contributed by atoms with Gasteiger partial charge in [0.05, 0.1) is 13.2 Å². The summed E-state index contributed by atoms with van der Waals surface area (Å²) in [7, 11) is 1.65. The molecule has 3 nitrogen and oxygen atoms in total. The molecule has 0 aromatic heterocycles. The minimum absolute atomic E-state index is 0.396. The molecule has 1 unspecified atom stereocenters. The average Bonchev–Trinajstić information content (AvgIpc) is 2.46. The number of hydrogen-bond acceptors (Lipinski definition) is 3. The maximum atomic E-state index is 10.5. The third-order valence-electron chi connectivity index (χ3n) is 4.74. The molecule has 1 saturated heterocycles. The highest BCUT2D eigenvalue weighted by molar-refractivity contribution is 5.35. The van der Waals surface area contributed by atoms with Crippen molar-refractivity contribution in [3.8, 4) is 5.75 Å². The molecule has 21 heavy (non-hydrogen) atoms. The van der Waals surface area contributed by atoms with Gasteiger partial charge in [-0.25, -0.2) is 0 Å². The molecule has 1 aliphatic rings. The third kappa shape index (κ3) is 4.21. The normalized spacial score (nSPS) is 19.5.